The molecule has 2 amide bonds. The van der Waals surface area contributed by atoms with Gasteiger partial charge in [0.05, 0.1) is 11.3 Å². The Morgan fingerprint density at radius 1 is 1.06 bits per heavy atom. The monoisotopic (exact) mass is 455 g/mol. The van der Waals surface area contributed by atoms with Gasteiger partial charge in [-0.3, -0.25) is 9.59 Å². The van der Waals surface area contributed by atoms with E-state index < -0.39 is 39.2 Å². The number of phenols is 1. The molecule has 0 aliphatic rings. The van der Waals surface area contributed by atoms with E-state index in [4.69, 9.17) is 0 Å². The molecular formula is C20H23F2N3O5S. The second-order valence-electron chi connectivity index (χ2n) is 6.68. The minimum absolute atomic E-state index is 0.0131. The molecule has 8 nitrogen and oxygen atoms in total. The van der Waals surface area contributed by atoms with Gasteiger partial charge in [0.1, 0.15) is 17.4 Å². The van der Waals surface area contributed by atoms with Crippen LogP contribution in [0.15, 0.2) is 36.4 Å². The Kier molecular flexibility index (Phi) is 8.06. The Balaban J connectivity index is 1.94. The zero-order valence-corrected chi connectivity index (χ0v) is 17.8. The number of sulfonamides is 1. The fraction of sp³-hybridized carbons (Fsp3) is 0.300. The van der Waals surface area contributed by atoms with Gasteiger partial charge in [-0.1, -0.05) is 0 Å². The second kappa shape index (κ2) is 10.3. The number of rotatable bonds is 9. The molecule has 0 fully saturated rings. The molecule has 0 atom stereocenters. The molecule has 0 aromatic heterocycles. The van der Waals surface area contributed by atoms with E-state index in [-0.39, 0.29) is 35.7 Å². The summed E-state index contributed by atoms with van der Waals surface area (Å²) in [5.74, 6) is -3.60. The van der Waals surface area contributed by atoms with Crippen LogP contribution in [0.5, 0.6) is 5.75 Å². The molecule has 0 saturated heterocycles. The van der Waals surface area contributed by atoms with Gasteiger partial charge in [-0.05, 0) is 37.6 Å². The molecular weight excluding hydrogens is 432 g/mol. The first-order chi connectivity index (χ1) is 14.5. The SMILES string of the molecule is CCS(=O)(=O)N(C)CCCNC(=O)c1ccc(NC(=O)c2cc(F)cc(F)c2)cc1O. The van der Waals surface area contributed by atoms with Crippen LogP contribution in [-0.4, -0.2) is 55.5 Å². The number of carbonyl (C=O) groups excluding carboxylic acids is 2. The lowest BCUT2D eigenvalue weighted by Gasteiger charge is -2.16. The van der Waals surface area contributed by atoms with Gasteiger partial charge in [0.15, 0.2) is 0 Å². The first kappa shape index (κ1) is 24.2. The number of amides is 2. The molecule has 3 N–H and O–H groups in total. The minimum Gasteiger partial charge on any atom is -0.507 e. The summed E-state index contributed by atoms with van der Waals surface area (Å²) in [6.07, 6.45) is 0.376. The highest BCUT2D eigenvalue weighted by Crippen LogP contribution is 2.22. The van der Waals surface area contributed by atoms with Gasteiger partial charge in [0, 0.05) is 43.5 Å². The molecule has 0 aliphatic heterocycles. The van der Waals surface area contributed by atoms with E-state index in [0.717, 1.165) is 18.2 Å². The molecule has 2 rings (SSSR count). The largest absolute Gasteiger partial charge is 0.507 e. The van der Waals surface area contributed by atoms with Crippen molar-refractivity contribution in [3.05, 3.63) is 59.2 Å². The quantitative estimate of drug-likeness (QED) is 0.502. The van der Waals surface area contributed by atoms with Crippen LogP contribution in [0.2, 0.25) is 0 Å². The highest BCUT2D eigenvalue weighted by Gasteiger charge is 2.16. The molecule has 2 aromatic carbocycles. The molecule has 0 spiro atoms. The van der Waals surface area contributed by atoms with Gasteiger partial charge in [-0.25, -0.2) is 21.5 Å². The van der Waals surface area contributed by atoms with E-state index in [0.29, 0.717) is 12.5 Å². The average Bonchev–Trinajstić information content (AvgIpc) is 2.70. The van der Waals surface area contributed by atoms with Gasteiger partial charge in [0.25, 0.3) is 11.8 Å². The topological polar surface area (TPSA) is 116 Å². The summed E-state index contributed by atoms with van der Waals surface area (Å²) in [7, 11) is -1.84. The Labute approximate surface area is 178 Å². The standard InChI is InChI=1S/C20H23F2N3O5S/c1-3-31(29,30)25(2)8-4-7-23-20(28)17-6-5-16(12-18(17)26)24-19(27)13-9-14(21)11-15(22)10-13/h5-6,9-12,26H,3-4,7-8H2,1-2H3,(H,23,28)(H,24,27). The van der Waals surface area contributed by atoms with Crippen LogP contribution >= 0.6 is 0 Å². The number of halogens is 2. The normalized spacial score (nSPS) is 11.4. The van der Waals surface area contributed by atoms with Crippen molar-refractivity contribution in [2.75, 3.05) is 31.2 Å². The summed E-state index contributed by atoms with van der Waals surface area (Å²) in [6, 6.07) is 6.12. The van der Waals surface area contributed by atoms with E-state index >= 15 is 0 Å². The van der Waals surface area contributed by atoms with Crippen LogP contribution in [0.3, 0.4) is 0 Å². The maximum Gasteiger partial charge on any atom is 0.255 e. The van der Waals surface area contributed by atoms with Crippen molar-refractivity contribution >= 4 is 27.5 Å². The fourth-order valence-corrected chi connectivity index (χ4v) is 3.50. The summed E-state index contributed by atoms with van der Waals surface area (Å²) in [6.45, 7) is 1.96. The minimum atomic E-state index is -3.29. The van der Waals surface area contributed by atoms with Crippen molar-refractivity contribution in [2.24, 2.45) is 0 Å². The molecule has 31 heavy (non-hydrogen) atoms. The van der Waals surface area contributed by atoms with Crippen molar-refractivity contribution in [1.82, 2.24) is 9.62 Å². The Hall–Kier alpha value is -3.05. The summed E-state index contributed by atoms with van der Waals surface area (Å²) in [5.41, 5.74) is -0.173. The van der Waals surface area contributed by atoms with E-state index in [1.807, 2.05) is 0 Å². The predicted octanol–water partition coefficient (Wildman–Crippen LogP) is 2.32. The van der Waals surface area contributed by atoms with Crippen molar-refractivity contribution < 1.29 is 31.9 Å². The maximum atomic E-state index is 13.2. The number of nitrogens with one attached hydrogen (secondary N) is 2. The number of aromatic hydroxyl groups is 1. The number of hydrogen-bond donors (Lipinski definition) is 3. The van der Waals surface area contributed by atoms with Crippen LogP contribution in [0.25, 0.3) is 0 Å². The number of nitrogens with zero attached hydrogens (tertiary/aromatic N) is 1. The number of anilines is 1. The third-order valence-electron chi connectivity index (χ3n) is 4.40. The summed E-state index contributed by atoms with van der Waals surface area (Å²) >= 11 is 0. The molecule has 168 valence electrons. The molecule has 0 unspecified atom stereocenters. The average molecular weight is 455 g/mol. The summed E-state index contributed by atoms with van der Waals surface area (Å²) < 4.78 is 51.0. The van der Waals surface area contributed by atoms with Crippen molar-refractivity contribution in [3.8, 4) is 5.75 Å². The molecule has 0 radical (unpaired) electrons. The Bertz CT molecular complexity index is 1060. The number of hydrogen-bond acceptors (Lipinski definition) is 5. The van der Waals surface area contributed by atoms with Crippen molar-refractivity contribution in [2.45, 2.75) is 13.3 Å². The molecule has 0 bridgehead atoms. The molecule has 11 heteroatoms. The highest BCUT2D eigenvalue weighted by atomic mass is 32.2. The van der Waals surface area contributed by atoms with Crippen LogP contribution in [-0.2, 0) is 10.0 Å². The van der Waals surface area contributed by atoms with Crippen LogP contribution in [0.4, 0.5) is 14.5 Å². The lowest BCUT2D eigenvalue weighted by atomic mass is 10.1. The van der Waals surface area contributed by atoms with Gasteiger partial charge in [-0.15, -0.1) is 0 Å². The van der Waals surface area contributed by atoms with Gasteiger partial charge >= 0.3 is 0 Å². The van der Waals surface area contributed by atoms with Crippen LogP contribution in [0.1, 0.15) is 34.1 Å². The third-order valence-corrected chi connectivity index (χ3v) is 6.26. The summed E-state index contributed by atoms with van der Waals surface area (Å²) in [5, 5.41) is 15.0. The fourth-order valence-electron chi connectivity index (χ4n) is 2.65. The number of phenolic OH excluding ortho intramolecular Hbond substituents is 1. The van der Waals surface area contributed by atoms with Crippen molar-refractivity contribution in [3.63, 3.8) is 0 Å². The molecule has 0 aliphatic carbocycles. The Morgan fingerprint density at radius 2 is 1.71 bits per heavy atom. The van der Waals surface area contributed by atoms with E-state index in [1.54, 1.807) is 6.92 Å². The summed E-state index contributed by atoms with van der Waals surface area (Å²) in [4.78, 5) is 24.3. The van der Waals surface area contributed by atoms with E-state index in [9.17, 15) is 31.9 Å². The second-order valence-corrected chi connectivity index (χ2v) is 9.04. The smallest absolute Gasteiger partial charge is 0.255 e. The zero-order valence-electron chi connectivity index (χ0n) is 17.0. The lowest BCUT2D eigenvalue weighted by molar-refractivity contribution is 0.0949. The first-order valence-corrected chi connectivity index (χ1v) is 11.0. The zero-order chi connectivity index (χ0) is 23.2. The molecule has 2 aromatic rings. The van der Waals surface area contributed by atoms with E-state index in [2.05, 4.69) is 10.6 Å². The molecule has 0 saturated carbocycles. The Morgan fingerprint density at radius 3 is 2.29 bits per heavy atom. The maximum absolute atomic E-state index is 13.2. The van der Waals surface area contributed by atoms with Crippen molar-refractivity contribution in [1.29, 1.82) is 0 Å². The first-order valence-electron chi connectivity index (χ1n) is 9.36. The molecule has 0 heterocycles. The van der Waals surface area contributed by atoms with Gasteiger partial charge in [-0.2, -0.15) is 0 Å². The van der Waals surface area contributed by atoms with Crippen LogP contribution < -0.4 is 10.6 Å². The lowest BCUT2D eigenvalue weighted by Crippen LogP contribution is -2.32. The van der Waals surface area contributed by atoms with E-state index in [1.165, 1.54) is 23.5 Å². The number of benzene rings is 2. The number of carbonyl (C=O) groups is 2. The van der Waals surface area contributed by atoms with Crippen LogP contribution in [0, 0.1) is 11.6 Å². The van der Waals surface area contributed by atoms with Gasteiger partial charge < -0.3 is 15.7 Å². The van der Waals surface area contributed by atoms with Gasteiger partial charge in [0.2, 0.25) is 10.0 Å². The predicted molar refractivity (Wildman–Crippen MR) is 111 cm³/mol. The highest BCUT2D eigenvalue weighted by molar-refractivity contribution is 7.89. The third kappa shape index (κ3) is 6.72.